The van der Waals surface area contributed by atoms with E-state index < -0.39 is 46.6 Å². The van der Waals surface area contributed by atoms with Crippen LogP contribution in [0.3, 0.4) is 0 Å². The van der Waals surface area contributed by atoms with Crippen molar-refractivity contribution in [2.75, 3.05) is 11.6 Å². The molecule has 0 radical (unpaired) electrons. The molecule has 5 heterocycles. The molecule has 1 unspecified atom stereocenters. The van der Waals surface area contributed by atoms with Crippen LogP contribution in [0.5, 0.6) is 5.75 Å². The summed E-state index contributed by atoms with van der Waals surface area (Å²) in [7, 11) is 0. The third-order valence-corrected chi connectivity index (χ3v) is 8.10. The third-order valence-electron chi connectivity index (χ3n) is 8.10. The van der Waals surface area contributed by atoms with Gasteiger partial charge in [-0.15, -0.1) is 0 Å². The Hall–Kier alpha value is -4.47. The Morgan fingerprint density at radius 3 is 2.59 bits per heavy atom. The molecule has 1 fully saturated rings. The van der Waals surface area contributed by atoms with Crippen LogP contribution in [-0.4, -0.2) is 43.5 Å². The summed E-state index contributed by atoms with van der Waals surface area (Å²) in [5, 5.41) is 12.5. The first-order valence-electron chi connectivity index (χ1n) is 12.7. The highest BCUT2D eigenvalue weighted by molar-refractivity contribution is 5.96. The van der Waals surface area contributed by atoms with Crippen molar-refractivity contribution in [2.24, 2.45) is 0 Å². The lowest BCUT2D eigenvalue weighted by atomic mass is 9.88. The van der Waals surface area contributed by atoms with Crippen LogP contribution in [0.1, 0.15) is 47.4 Å². The number of amides is 1. The zero-order chi connectivity index (χ0) is 27.2. The fraction of sp³-hybridized carbons (Fsp3) is 0.241. The lowest BCUT2D eigenvalue weighted by Gasteiger charge is -2.53. The number of aromatic hydroxyl groups is 1. The maximum Gasteiger partial charge on any atom is 0.278 e. The Kier molecular flexibility index (Phi) is 4.86. The molecule has 39 heavy (non-hydrogen) atoms. The molecular formula is C29H23F3N4O3. The maximum atomic E-state index is 15.7. The fourth-order valence-electron chi connectivity index (χ4n) is 6.29. The van der Waals surface area contributed by atoms with E-state index in [-0.39, 0.29) is 30.6 Å². The van der Waals surface area contributed by atoms with Crippen molar-refractivity contribution in [3.63, 3.8) is 0 Å². The van der Waals surface area contributed by atoms with Gasteiger partial charge in [-0.1, -0.05) is 24.3 Å². The highest BCUT2D eigenvalue weighted by Crippen LogP contribution is 2.47. The molecule has 1 amide bonds. The van der Waals surface area contributed by atoms with Crippen molar-refractivity contribution < 1.29 is 23.1 Å². The summed E-state index contributed by atoms with van der Waals surface area (Å²) in [6.07, 6.45) is 2.27. The molecule has 4 aromatic rings. The Balaban J connectivity index is 1.59. The summed E-state index contributed by atoms with van der Waals surface area (Å²) in [5.74, 6) is -3.37. The summed E-state index contributed by atoms with van der Waals surface area (Å²) in [6, 6.07) is 13.6. The Morgan fingerprint density at radius 2 is 1.77 bits per heavy atom. The first-order valence-corrected chi connectivity index (χ1v) is 12.7. The molecule has 3 aliphatic heterocycles. The van der Waals surface area contributed by atoms with Crippen LogP contribution in [0.4, 0.5) is 13.2 Å². The second-order valence-corrected chi connectivity index (χ2v) is 10.5. The van der Waals surface area contributed by atoms with Crippen molar-refractivity contribution >= 4 is 5.91 Å². The number of carbonyl (C=O) groups is 1. The highest BCUT2D eigenvalue weighted by Gasteiger charge is 2.50. The number of para-hydroxylation sites is 1. The lowest BCUT2D eigenvalue weighted by Crippen LogP contribution is -2.66. The molecular weight excluding hydrogens is 509 g/mol. The van der Waals surface area contributed by atoms with Gasteiger partial charge in [0, 0.05) is 42.6 Å². The number of fused-ring (bicyclic) bond motifs is 7. The topological polar surface area (TPSA) is 70.7 Å². The second-order valence-electron chi connectivity index (χ2n) is 10.5. The van der Waals surface area contributed by atoms with E-state index in [0.717, 1.165) is 12.1 Å². The minimum absolute atomic E-state index is 0.0373. The predicted octanol–water partition coefficient (Wildman–Crippen LogP) is 4.63. The first-order chi connectivity index (χ1) is 18.7. The third kappa shape index (κ3) is 3.23. The number of pyridine rings is 1. The van der Waals surface area contributed by atoms with Crippen molar-refractivity contribution in [1.29, 1.82) is 0 Å². The van der Waals surface area contributed by atoms with Gasteiger partial charge in [0.2, 0.25) is 5.43 Å². The Morgan fingerprint density at radius 1 is 0.974 bits per heavy atom. The van der Waals surface area contributed by atoms with Gasteiger partial charge in [0.15, 0.2) is 23.1 Å². The molecule has 0 aliphatic carbocycles. The summed E-state index contributed by atoms with van der Waals surface area (Å²) >= 11 is 0. The average molecular weight is 533 g/mol. The predicted molar refractivity (Wildman–Crippen MR) is 137 cm³/mol. The van der Waals surface area contributed by atoms with Gasteiger partial charge >= 0.3 is 0 Å². The lowest BCUT2D eigenvalue weighted by molar-refractivity contribution is 0.00693. The number of nitrogens with zero attached hydrogens (tertiary/aromatic N) is 4. The SMILES string of the molecule is CC1(F)CCN2C(=O)c3c(O)c(=O)ccn3N([C@@H]3c4ccccc4-n4cccc4-c4c3ccc(F)c4F)[C@@H]2C1. The van der Waals surface area contributed by atoms with Crippen LogP contribution in [0, 0.1) is 11.6 Å². The van der Waals surface area contributed by atoms with Crippen molar-refractivity contribution in [3.05, 3.63) is 106 Å². The van der Waals surface area contributed by atoms with Crippen molar-refractivity contribution in [3.8, 4) is 22.7 Å². The number of hydrogen-bond acceptors (Lipinski definition) is 4. The largest absolute Gasteiger partial charge is 0.502 e. The summed E-state index contributed by atoms with van der Waals surface area (Å²) in [6.45, 7) is 1.52. The van der Waals surface area contributed by atoms with E-state index in [1.165, 1.54) is 28.8 Å². The van der Waals surface area contributed by atoms with E-state index in [2.05, 4.69) is 0 Å². The monoisotopic (exact) mass is 532 g/mol. The standard InChI is InChI=1S/C29H23F3N4O3/c1-29(32)11-14-34-22(15-29)36(35-13-10-21(37)27(38)26(35)28(34)39)25-16-5-2-3-6-19(16)33-12-4-7-20(33)23-17(25)8-9-18(30)24(23)31/h2-10,12-13,22,25,38H,11,14-15H2,1H3/t22-,25-,29?/m1/s1. The number of benzene rings is 2. The van der Waals surface area contributed by atoms with Gasteiger partial charge in [-0.3, -0.25) is 19.3 Å². The van der Waals surface area contributed by atoms with Crippen LogP contribution in [0.2, 0.25) is 0 Å². The minimum atomic E-state index is -1.62. The average Bonchev–Trinajstić information content (AvgIpc) is 3.35. The molecule has 3 atom stereocenters. The van der Waals surface area contributed by atoms with Crippen LogP contribution in [0.25, 0.3) is 16.9 Å². The number of alkyl halides is 1. The summed E-state index contributed by atoms with van der Waals surface area (Å²) in [5.41, 5.74) is -0.373. The van der Waals surface area contributed by atoms with E-state index in [4.69, 9.17) is 0 Å². The molecule has 3 aliphatic rings. The van der Waals surface area contributed by atoms with Gasteiger partial charge in [-0.05, 0) is 43.2 Å². The Bertz CT molecular complexity index is 1740. The maximum absolute atomic E-state index is 15.7. The molecule has 0 bridgehead atoms. The van der Waals surface area contributed by atoms with Crippen LogP contribution < -0.4 is 10.4 Å². The smallest absolute Gasteiger partial charge is 0.278 e. The second kappa shape index (κ2) is 8.02. The molecule has 10 heteroatoms. The molecule has 1 saturated heterocycles. The van der Waals surface area contributed by atoms with Crippen molar-refractivity contribution in [2.45, 2.75) is 37.6 Å². The minimum Gasteiger partial charge on any atom is -0.502 e. The number of rotatable bonds is 1. The number of hydrogen-bond donors (Lipinski definition) is 1. The summed E-state index contributed by atoms with van der Waals surface area (Å²) < 4.78 is 49.2. The van der Waals surface area contributed by atoms with E-state index in [0.29, 0.717) is 22.5 Å². The quantitative estimate of drug-likeness (QED) is 0.388. The number of carbonyl (C=O) groups excluding carboxylic acids is 1. The van der Waals surface area contributed by atoms with Gasteiger partial charge in [-0.25, -0.2) is 13.2 Å². The van der Waals surface area contributed by atoms with E-state index in [1.54, 1.807) is 27.9 Å². The molecule has 0 spiro atoms. The summed E-state index contributed by atoms with van der Waals surface area (Å²) in [4.78, 5) is 27.5. The van der Waals surface area contributed by atoms with Gasteiger partial charge in [0.1, 0.15) is 17.9 Å². The van der Waals surface area contributed by atoms with E-state index in [1.807, 2.05) is 24.3 Å². The Labute approximate surface area is 220 Å². The van der Waals surface area contributed by atoms with Crippen LogP contribution in [-0.2, 0) is 0 Å². The molecule has 2 aromatic heterocycles. The highest BCUT2D eigenvalue weighted by atomic mass is 19.2. The zero-order valence-corrected chi connectivity index (χ0v) is 20.8. The van der Waals surface area contributed by atoms with Gasteiger partial charge < -0.3 is 14.6 Å². The van der Waals surface area contributed by atoms with Gasteiger partial charge in [0.05, 0.1) is 11.4 Å². The molecule has 198 valence electrons. The van der Waals surface area contributed by atoms with Crippen LogP contribution in [0.15, 0.2) is 71.8 Å². The number of aromatic nitrogens is 2. The number of halogens is 3. The molecule has 7 nitrogen and oxygen atoms in total. The molecule has 0 saturated carbocycles. The zero-order valence-electron chi connectivity index (χ0n) is 20.8. The first kappa shape index (κ1) is 23.6. The van der Waals surface area contributed by atoms with Crippen molar-refractivity contribution in [1.82, 2.24) is 14.1 Å². The molecule has 7 rings (SSSR count). The number of piperidine rings is 1. The normalized spacial score (nSPS) is 23.3. The van der Waals surface area contributed by atoms with E-state index >= 15 is 8.78 Å². The molecule has 2 aromatic carbocycles. The van der Waals surface area contributed by atoms with Gasteiger partial charge in [-0.2, -0.15) is 0 Å². The van der Waals surface area contributed by atoms with Gasteiger partial charge in [0.25, 0.3) is 5.91 Å². The van der Waals surface area contributed by atoms with E-state index in [9.17, 15) is 19.1 Å². The van der Waals surface area contributed by atoms with Crippen LogP contribution >= 0.6 is 0 Å². The fourth-order valence-corrected chi connectivity index (χ4v) is 6.29. The molecule has 1 N–H and O–H groups in total.